The third-order valence-electron chi connectivity index (χ3n) is 2.88. The fourth-order valence-corrected chi connectivity index (χ4v) is 1.94. The number of rotatable bonds is 7. The molecule has 0 aromatic heterocycles. The maximum atomic E-state index is 11.8. The molecule has 0 radical (unpaired) electrons. The number of nitrogens with two attached hydrogens (primary N) is 1. The molecule has 5 nitrogen and oxygen atoms in total. The van der Waals surface area contributed by atoms with Gasteiger partial charge < -0.3 is 16.4 Å². The summed E-state index contributed by atoms with van der Waals surface area (Å²) in [5, 5.41) is 6.00. The summed E-state index contributed by atoms with van der Waals surface area (Å²) in [5.74, 6) is -0.0211. The van der Waals surface area contributed by atoms with E-state index >= 15 is 0 Å². The maximum absolute atomic E-state index is 11.8. The molecule has 0 aliphatic rings. The monoisotopic (exact) mass is 347 g/mol. The molecule has 1 rings (SSSR count). The zero-order valence-corrected chi connectivity index (χ0v) is 14.3. The Morgan fingerprint density at radius 1 is 1.14 bits per heavy atom. The van der Waals surface area contributed by atoms with Crippen LogP contribution in [0.4, 0.5) is 0 Å². The van der Waals surface area contributed by atoms with Crippen LogP contribution >= 0.6 is 24.0 Å². The van der Waals surface area contributed by atoms with Crippen molar-refractivity contribution >= 4 is 35.8 Å². The second kappa shape index (κ2) is 10.4. The maximum Gasteiger partial charge on any atom is 0.251 e. The summed E-state index contributed by atoms with van der Waals surface area (Å²) in [6.07, 6.45) is 0.642. The number of carbonyl (C=O) groups excluding carboxylic acids is 2. The van der Waals surface area contributed by atoms with Crippen LogP contribution < -0.4 is 16.4 Å². The van der Waals surface area contributed by atoms with Gasteiger partial charge in [0.1, 0.15) is 0 Å². The quantitative estimate of drug-likeness (QED) is 0.659. The van der Waals surface area contributed by atoms with Gasteiger partial charge in [-0.25, -0.2) is 0 Å². The Hall–Kier alpha value is -1.30. The van der Waals surface area contributed by atoms with Crippen LogP contribution in [-0.4, -0.2) is 30.9 Å². The van der Waals surface area contributed by atoms with Crippen LogP contribution in [0.1, 0.15) is 30.6 Å². The number of carbonyl (C=O) groups is 2. The van der Waals surface area contributed by atoms with Crippen LogP contribution in [0.2, 0.25) is 5.02 Å². The second-order valence-corrected chi connectivity index (χ2v) is 5.73. The van der Waals surface area contributed by atoms with Gasteiger partial charge in [0.2, 0.25) is 5.91 Å². The van der Waals surface area contributed by atoms with Gasteiger partial charge in [-0.1, -0.05) is 25.4 Å². The minimum atomic E-state index is -0.503. The van der Waals surface area contributed by atoms with E-state index in [4.69, 9.17) is 17.3 Å². The Morgan fingerprint density at radius 3 is 2.23 bits per heavy atom. The first-order chi connectivity index (χ1) is 9.90. The summed E-state index contributed by atoms with van der Waals surface area (Å²) in [6.45, 7) is 4.73. The number of benzene rings is 1. The van der Waals surface area contributed by atoms with E-state index in [-0.39, 0.29) is 24.2 Å². The van der Waals surface area contributed by atoms with Crippen molar-refractivity contribution in [1.29, 1.82) is 0 Å². The van der Waals surface area contributed by atoms with Gasteiger partial charge >= 0.3 is 0 Å². The van der Waals surface area contributed by atoms with Crippen molar-refractivity contribution in [1.82, 2.24) is 10.6 Å². The lowest BCUT2D eigenvalue weighted by molar-refractivity contribution is -0.122. The summed E-state index contributed by atoms with van der Waals surface area (Å²) < 4.78 is 0. The van der Waals surface area contributed by atoms with Gasteiger partial charge in [-0.2, -0.15) is 0 Å². The van der Waals surface area contributed by atoms with Crippen LogP contribution in [0.15, 0.2) is 24.3 Å². The third-order valence-corrected chi connectivity index (χ3v) is 3.13. The Kier molecular flexibility index (Phi) is 9.81. The van der Waals surface area contributed by atoms with Crippen molar-refractivity contribution in [3.63, 3.8) is 0 Å². The fourth-order valence-electron chi connectivity index (χ4n) is 1.81. The Morgan fingerprint density at radius 2 is 1.68 bits per heavy atom. The highest BCUT2D eigenvalue weighted by molar-refractivity contribution is 6.30. The Labute approximate surface area is 142 Å². The zero-order chi connectivity index (χ0) is 15.8. The average Bonchev–Trinajstić information content (AvgIpc) is 2.43. The summed E-state index contributed by atoms with van der Waals surface area (Å²) >= 11 is 5.75. The minimum Gasteiger partial charge on any atom is -0.353 e. The van der Waals surface area contributed by atoms with Crippen molar-refractivity contribution in [2.45, 2.75) is 26.3 Å². The molecule has 0 spiro atoms. The molecule has 0 aliphatic carbocycles. The summed E-state index contributed by atoms with van der Waals surface area (Å²) in [7, 11) is 0. The fraction of sp³-hybridized carbons (Fsp3) is 0.467. The molecule has 0 saturated heterocycles. The lowest BCUT2D eigenvalue weighted by Gasteiger charge is -2.14. The summed E-state index contributed by atoms with van der Waals surface area (Å²) in [4.78, 5) is 23.5. The van der Waals surface area contributed by atoms with Crippen molar-refractivity contribution < 1.29 is 9.59 Å². The van der Waals surface area contributed by atoms with Crippen LogP contribution in [0, 0.1) is 5.92 Å². The smallest absolute Gasteiger partial charge is 0.251 e. The van der Waals surface area contributed by atoms with E-state index in [0.29, 0.717) is 36.0 Å². The lowest BCUT2D eigenvalue weighted by atomic mass is 10.0. The number of nitrogens with one attached hydrogen (secondary N) is 2. The first-order valence-electron chi connectivity index (χ1n) is 6.97. The van der Waals surface area contributed by atoms with Gasteiger partial charge in [0.15, 0.2) is 0 Å². The van der Waals surface area contributed by atoms with Gasteiger partial charge in [0, 0.05) is 23.7 Å². The summed E-state index contributed by atoms with van der Waals surface area (Å²) in [5.41, 5.74) is 6.28. The van der Waals surface area contributed by atoms with Crippen LogP contribution in [0.5, 0.6) is 0 Å². The third kappa shape index (κ3) is 7.64. The summed E-state index contributed by atoms with van der Waals surface area (Å²) in [6, 6.07) is 6.10. The largest absolute Gasteiger partial charge is 0.353 e. The minimum absolute atomic E-state index is 0. The van der Waals surface area contributed by atoms with Crippen LogP contribution in [-0.2, 0) is 4.79 Å². The molecule has 1 aromatic carbocycles. The molecule has 22 heavy (non-hydrogen) atoms. The van der Waals surface area contributed by atoms with Crippen molar-refractivity contribution in [2.24, 2.45) is 11.7 Å². The van der Waals surface area contributed by atoms with Gasteiger partial charge in [0.25, 0.3) is 5.91 Å². The molecular formula is C15H23Cl2N3O2. The molecule has 0 fully saturated rings. The van der Waals surface area contributed by atoms with Gasteiger partial charge in [-0.15, -0.1) is 12.4 Å². The molecule has 1 aromatic rings. The van der Waals surface area contributed by atoms with Crippen molar-refractivity contribution in [2.75, 3.05) is 13.1 Å². The van der Waals surface area contributed by atoms with Gasteiger partial charge in [0.05, 0.1) is 6.04 Å². The molecule has 0 saturated carbocycles. The normalized spacial score (nSPS) is 11.5. The van der Waals surface area contributed by atoms with Crippen molar-refractivity contribution in [3.05, 3.63) is 34.9 Å². The first-order valence-corrected chi connectivity index (χ1v) is 7.35. The Bertz CT molecular complexity index is 478. The number of amides is 2. The highest BCUT2D eigenvalue weighted by Crippen LogP contribution is 2.09. The standard InChI is InChI=1S/C15H22ClN3O2.ClH/c1-10(2)9-13(17)15(21)19-8-7-18-14(20)11-3-5-12(16)6-4-11;/h3-6,10,13H,7-9,17H2,1-2H3,(H,18,20)(H,19,21);1H/t13-;/m0./s1. The lowest BCUT2D eigenvalue weighted by Crippen LogP contribution is -2.44. The van der Waals surface area contributed by atoms with E-state index in [0.717, 1.165) is 0 Å². The number of halogens is 2. The average molecular weight is 348 g/mol. The number of hydrogen-bond donors (Lipinski definition) is 3. The second-order valence-electron chi connectivity index (χ2n) is 5.29. The highest BCUT2D eigenvalue weighted by Gasteiger charge is 2.14. The number of hydrogen-bond acceptors (Lipinski definition) is 3. The van der Waals surface area contributed by atoms with E-state index in [1.807, 2.05) is 13.8 Å². The predicted molar refractivity (Wildman–Crippen MR) is 91.5 cm³/mol. The van der Waals surface area contributed by atoms with E-state index in [1.54, 1.807) is 24.3 Å². The Balaban J connectivity index is 0.00000441. The topological polar surface area (TPSA) is 84.2 Å². The molecule has 0 aliphatic heterocycles. The zero-order valence-electron chi connectivity index (χ0n) is 12.8. The van der Waals surface area contributed by atoms with Gasteiger partial charge in [-0.05, 0) is 36.6 Å². The van der Waals surface area contributed by atoms with Crippen LogP contribution in [0.25, 0.3) is 0 Å². The molecule has 0 unspecified atom stereocenters. The molecule has 2 amide bonds. The van der Waals surface area contributed by atoms with E-state index in [2.05, 4.69) is 10.6 Å². The molecule has 0 heterocycles. The molecule has 7 heteroatoms. The predicted octanol–water partition coefficient (Wildman–Crippen LogP) is 1.98. The molecule has 1 atom stereocenters. The molecule has 0 bridgehead atoms. The van der Waals surface area contributed by atoms with E-state index in [1.165, 1.54) is 0 Å². The van der Waals surface area contributed by atoms with Crippen LogP contribution in [0.3, 0.4) is 0 Å². The molecular weight excluding hydrogens is 325 g/mol. The van der Waals surface area contributed by atoms with E-state index < -0.39 is 6.04 Å². The highest BCUT2D eigenvalue weighted by atomic mass is 35.5. The molecule has 124 valence electrons. The molecule has 4 N–H and O–H groups in total. The first kappa shape index (κ1) is 20.7. The SMILES string of the molecule is CC(C)C[C@H](N)C(=O)NCCNC(=O)c1ccc(Cl)cc1.Cl. The van der Waals surface area contributed by atoms with E-state index in [9.17, 15) is 9.59 Å². The van der Waals surface area contributed by atoms with Gasteiger partial charge in [-0.3, -0.25) is 9.59 Å². The van der Waals surface area contributed by atoms with Crippen molar-refractivity contribution in [3.8, 4) is 0 Å².